The van der Waals surface area contributed by atoms with Crippen molar-refractivity contribution in [2.24, 2.45) is 0 Å². The van der Waals surface area contributed by atoms with Crippen molar-refractivity contribution in [1.82, 2.24) is 0 Å². The van der Waals surface area contributed by atoms with Crippen molar-refractivity contribution in [1.29, 1.82) is 0 Å². The van der Waals surface area contributed by atoms with E-state index in [1.165, 1.54) is 80.0 Å². The lowest BCUT2D eigenvalue weighted by atomic mass is 9.91. The van der Waals surface area contributed by atoms with E-state index in [2.05, 4.69) is 152 Å². The number of nitrogens with zero attached hydrogens (tertiary/aromatic N) is 1. The Kier molecular flexibility index (Phi) is 8.97. The fourth-order valence-electron chi connectivity index (χ4n) is 6.13. The Morgan fingerprint density at radius 3 is 1.50 bits per heavy atom. The van der Waals surface area contributed by atoms with Crippen LogP contribution in [0.4, 0.5) is 5.69 Å². The van der Waals surface area contributed by atoms with Crippen molar-refractivity contribution in [2.45, 2.75) is 39.5 Å². The lowest BCUT2D eigenvalue weighted by Crippen LogP contribution is -2.27. The number of benzene rings is 6. The molecule has 1 nitrogen and oxygen atoms in total. The van der Waals surface area contributed by atoms with E-state index in [4.69, 9.17) is 0 Å². The van der Waals surface area contributed by atoms with Crippen LogP contribution in [0.2, 0.25) is 0 Å². The maximum absolute atomic E-state index is 2.67. The van der Waals surface area contributed by atoms with Crippen LogP contribution in [-0.4, -0.2) is 13.1 Å². The van der Waals surface area contributed by atoms with Gasteiger partial charge in [-0.1, -0.05) is 154 Å². The number of unbranched alkanes of at least 4 members (excludes halogenated alkanes) is 2. The van der Waals surface area contributed by atoms with Gasteiger partial charge in [0.15, 0.2) is 0 Å². The smallest absolute Gasteiger partial charge is 0.0452 e. The molecule has 42 heavy (non-hydrogen) atoms. The van der Waals surface area contributed by atoms with Crippen LogP contribution in [0.15, 0.2) is 133 Å². The van der Waals surface area contributed by atoms with Crippen molar-refractivity contribution in [3.05, 3.63) is 133 Å². The summed E-state index contributed by atoms with van der Waals surface area (Å²) in [5.74, 6) is 0. The first-order valence-corrected chi connectivity index (χ1v) is 16.8. The number of fused-ring (bicyclic) bond motifs is 2. The highest BCUT2D eigenvalue weighted by molar-refractivity contribution is 7.80. The van der Waals surface area contributed by atoms with Gasteiger partial charge in [-0.2, -0.15) is 0 Å². The van der Waals surface area contributed by atoms with Crippen LogP contribution >= 0.6 is 7.92 Å². The van der Waals surface area contributed by atoms with E-state index < -0.39 is 7.92 Å². The fraction of sp³-hybridized carbons (Fsp3) is 0.200. The van der Waals surface area contributed by atoms with Crippen molar-refractivity contribution in [3.63, 3.8) is 0 Å². The second kappa shape index (κ2) is 13.4. The lowest BCUT2D eigenvalue weighted by molar-refractivity contribution is 0.679. The van der Waals surface area contributed by atoms with Crippen molar-refractivity contribution in [2.75, 3.05) is 18.0 Å². The molecule has 0 unspecified atom stereocenters. The molecule has 2 heteroatoms. The molecule has 0 heterocycles. The predicted molar refractivity (Wildman–Crippen MR) is 188 cm³/mol. The molecule has 0 aromatic heterocycles. The molecule has 0 amide bonds. The minimum Gasteiger partial charge on any atom is -0.371 e. The van der Waals surface area contributed by atoms with Crippen molar-refractivity contribution >= 4 is 51.1 Å². The zero-order valence-corrected chi connectivity index (χ0v) is 25.7. The molecule has 6 aromatic carbocycles. The van der Waals surface area contributed by atoms with E-state index in [9.17, 15) is 0 Å². The van der Waals surface area contributed by atoms with Gasteiger partial charge in [-0.05, 0) is 64.3 Å². The summed E-state index contributed by atoms with van der Waals surface area (Å²) in [5, 5.41) is 9.44. The van der Waals surface area contributed by atoms with Crippen LogP contribution in [0.25, 0.3) is 32.7 Å². The Morgan fingerprint density at radius 1 is 0.476 bits per heavy atom. The van der Waals surface area contributed by atoms with Gasteiger partial charge in [0.05, 0.1) is 0 Å². The van der Waals surface area contributed by atoms with Gasteiger partial charge in [0, 0.05) is 29.9 Å². The van der Waals surface area contributed by atoms with Crippen LogP contribution < -0.4 is 20.8 Å². The highest BCUT2D eigenvalue weighted by atomic mass is 31.1. The van der Waals surface area contributed by atoms with Gasteiger partial charge in [0.25, 0.3) is 0 Å². The Labute approximate surface area is 252 Å². The molecule has 0 N–H and O–H groups in total. The van der Waals surface area contributed by atoms with Crippen LogP contribution in [0.3, 0.4) is 0 Å². The van der Waals surface area contributed by atoms with Crippen LogP contribution in [0.1, 0.15) is 39.5 Å². The summed E-state index contributed by atoms with van der Waals surface area (Å²) < 4.78 is 0. The number of anilines is 1. The molecule has 0 saturated heterocycles. The lowest BCUT2D eigenvalue weighted by Gasteiger charge is -2.31. The van der Waals surface area contributed by atoms with Gasteiger partial charge in [-0.25, -0.2) is 0 Å². The summed E-state index contributed by atoms with van der Waals surface area (Å²) in [7, 11) is -0.791. The first-order chi connectivity index (χ1) is 20.8. The average Bonchev–Trinajstić information content (AvgIpc) is 3.05. The molecule has 0 aliphatic carbocycles. The van der Waals surface area contributed by atoms with Crippen LogP contribution in [-0.2, 0) is 0 Å². The van der Waals surface area contributed by atoms with Gasteiger partial charge in [-0.3, -0.25) is 0 Å². The highest BCUT2D eigenvalue weighted by Gasteiger charge is 2.25. The molecule has 0 saturated carbocycles. The Hall–Kier alpha value is -3.93. The standard InChI is InChI=1S/C40H40NP/c1-3-5-29-41(30-6-4-2)37-27-25-31-17-13-15-23-35(31)39(37)40-36-24-16-14-18-32(36)26-28-38(40)42(33-19-9-7-10-20-33)34-21-11-8-12-22-34/h7-28H,3-6,29-30H2,1-2H3. The molecule has 6 aromatic rings. The van der Waals surface area contributed by atoms with E-state index in [0.29, 0.717) is 0 Å². The SMILES string of the molecule is CCCCN(CCCC)c1ccc2ccccc2c1-c1c(P(c2ccccc2)c2ccccc2)ccc2ccccc12. The maximum Gasteiger partial charge on any atom is 0.0452 e. The van der Waals surface area contributed by atoms with Crippen LogP contribution in [0.5, 0.6) is 0 Å². The van der Waals surface area contributed by atoms with Gasteiger partial charge >= 0.3 is 0 Å². The Bertz CT molecular complexity index is 1710. The van der Waals surface area contributed by atoms with Gasteiger partial charge in [-0.15, -0.1) is 0 Å². The second-order valence-corrected chi connectivity index (χ2v) is 13.2. The quantitative estimate of drug-likeness (QED) is 0.141. The maximum atomic E-state index is 2.67. The molecular formula is C40H40NP. The van der Waals surface area contributed by atoms with E-state index in [0.717, 1.165) is 13.1 Å². The summed E-state index contributed by atoms with van der Waals surface area (Å²) in [6.07, 6.45) is 4.77. The molecule has 6 rings (SSSR count). The highest BCUT2D eigenvalue weighted by Crippen LogP contribution is 2.45. The Balaban J connectivity index is 1.72. The molecule has 0 aliphatic heterocycles. The third kappa shape index (κ3) is 5.72. The monoisotopic (exact) mass is 565 g/mol. The summed E-state index contributed by atoms with van der Waals surface area (Å²) in [6.45, 7) is 6.76. The number of hydrogen-bond donors (Lipinski definition) is 0. The van der Waals surface area contributed by atoms with E-state index in [-0.39, 0.29) is 0 Å². The van der Waals surface area contributed by atoms with E-state index in [1.54, 1.807) is 0 Å². The van der Waals surface area contributed by atoms with Gasteiger partial charge < -0.3 is 4.90 Å². The minimum absolute atomic E-state index is 0.791. The summed E-state index contributed by atoms with van der Waals surface area (Å²) >= 11 is 0. The molecule has 0 radical (unpaired) electrons. The topological polar surface area (TPSA) is 3.24 Å². The molecule has 210 valence electrons. The molecule has 0 aliphatic rings. The third-order valence-corrected chi connectivity index (χ3v) is 10.7. The third-order valence-electron chi connectivity index (χ3n) is 8.24. The summed E-state index contributed by atoms with van der Waals surface area (Å²) in [4.78, 5) is 2.67. The zero-order chi connectivity index (χ0) is 28.7. The van der Waals surface area contributed by atoms with Crippen molar-refractivity contribution in [3.8, 4) is 11.1 Å². The number of hydrogen-bond acceptors (Lipinski definition) is 1. The molecule has 0 atom stereocenters. The van der Waals surface area contributed by atoms with Gasteiger partial charge in [0.1, 0.15) is 0 Å². The molecule has 0 fully saturated rings. The zero-order valence-electron chi connectivity index (χ0n) is 24.8. The summed E-state index contributed by atoms with van der Waals surface area (Å²) in [5.41, 5.74) is 4.13. The van der Waals surface area contributed by atoms with Gasteiger partial charge in [0.2, 0.25) is 0 Å². The normalized spacial score (nSPS) is 11.4. The second-order valence-electron chi connectivity index (χ2n) is 11.1. The molecule has 0 bridgehead atoms. The molecule has 0 spiro atoms. The Morgan fingerprint density at radius 2 is 0.952 bits per heavy atom. The summed E-state index contributed by atoms with van der Waals surface area (Å²) in [6, 6.07) is 49.8. The average molecular weight is 566 g/mol. The first kappa shape index (κ1) is 28.2. The predicted octanol–water partition coefficient (Wildman–Crippen LogP) is 9.82. The fourth-order valence-corrected chi connectivity index (χ4v) is 8.60. The first-order valence-electron chi connectivity index (χ1n) is 15.5. The van der Waals surface area contributed by atoms with Crippen LogP contribution in [0, 0.1) is 0 Å². The largest absolute Gasteiger partial charge is 0.371 e. The minimum atomic E-state index is -0.791. The van der Waals surface area contributed by atoms with Crippen molar-refractivity contribution < 1.29 is 0 Å². The van der Waals surface area contributed by atoms with E-state index >= 15 is 0 Å². The molecular weight excluding hydrogens is 525 g/mol. The number of rotatable bonds is 11. The van der Waals surface area contributed by atoms with E-state index in [1.807, 2.05) is 0 Å².